The summed E-state index contributed by atoms with van der Waals surface area (Å²) >= 11 is 0. The van der Waals surface area contributed by atoms with Gasteiger partial charge in [0.1, 0.15) is 11.9 Å². The summed E-state index contributed by atoms with van der Waals surface area (Å²) in [6.07, 6.45) is -9.02. The van der Waals surface area contributed by atoms with Crippen molar-refractivity contribution < 1.29 is 41.5 Å². The zero-order valence-corrected chi connectivity index (χ0v) is 9.02. The van der Waals surface area contributed by atoms with Crippen LogP contribution in [0.2, 0.25) is 0 Å². The summed E-state index contributed by atoms with van der Waals surface area (Å²) < 4.78 is 64.5. The fourth-order valence-corrected chi connectivity index (χ4v) is 1.22. The third-order valence-corrected chi connectivity index (χ3v) is 1.88. The number of alkyl halides is 5. The van der Waals surface area contributed by atoms with Crippen LogP contribution in [0.4, 0.5) is 27.6 Å². The van der Waals surface area contributed by atoms with Gasteiger partial charge in [-0.1, -0.05) is 0 Å². The molecule has 0 atom stereocenters. The molecule has 0 spiro atoms. The molecule has 0 aliphatic heterocycles. The zero-order chi connectivity index (χ0) is 15.7. The van der Waals surface area contributed by atoms with E-state index >= 15 is 0 Å². The van der Waals surface area contributed by atoms with Gasteiger partial charge in [-0.25, -0.2) is 18.6 Å². The molecule has 110 valence electrons. The second-order valence-electron chi connectivity index (χ2n) is 3.14. The SMILES string of the molecule is O=C(O)c1c([N+](=O)[O-])cnc(C(F)F)c1OC(F)(F)F. The maximum absolute atomic E-state index is 12.5. The van der Waals surface area contributed by atoms with Crippen LogP contribution in [-0.2, 0) is 0 Å². The smallest absolute Gasteiger partial charge is 0.477 e. The Morgan fingerprint density at radius 2 is 2.00 bits per heavy atom. The van der Waals surface area contributed by atoms with Crippen molar-refractivity contribution in [1.82, 2.24) is 4.98 Å². The highest BCUT2D eigenvalue weighted by molar-refractivity contribution is 5.95. The lowest BCUT2D eigenvalue weighted by Gasteiger charge is -2.14. The summed E-state index contributed by atoms with van der Waals surface area (Å²) in [7, 11) is 0. The van der Waals surface area contributed by atoms with Crippen LogP contribution in [0.5, 0.6) is 5.75 Å². The van der Waals surface area contributed by atoms with E-state index in [4.69, 9.17) is 5.11 Å². The van der Waals surface area contributed by atoms with Gasteiger partial charge in [0, 0.05) is 0 Å². The molecule has 1 aromatic heterocycles. The standard InChI is InChI=1S/C8H3F5N2O5/c9-6(10)4-5(20-8(11,12)13)3(7(16)17)2(1-14-4)15(18)19/h1,6H,(H,16,17). The van der Waals surface area contributed by atoms with E-state index in [1.807, 2.05) is 0 Å². The molecule has 0 aliphatic rings. The molecule has 1 aromatic rings. The minimum atomic E-state index is -5.52. The van der Waals surface area contributed by atoms with Gasteiger partial charge < -0.3 is 9.84 Å². The summed E-state index contributed by atoms with van der Waals surface area (Å²) in [5.41, 5.74) is -4.72. The number of aromatic nitrogens is 1. The van der Waals surface area contributed by atoms with Crippen molar-refractivity contribution in [3.05, 3.63) is 27.6 Å². The summed E-state index contributed by atoms with van der Waals surface area (Å²) in [6.45, 7) is 0. The fourth-order valence-electron chi connectivity index (χ4n) is 1.22. The zero-order valence-electron chi connectivity index (χ0n) is 9.02. The molecule has 0 bridgehead atoms. The second-order valence-corrected chi connectivity index (χ2v) is 3.14. The number of aromatic carboxylic acids is 1. The minimum Gasteiger partial charge on any atom is -0.477 e. The molecule has 12 heteroatoms. The molecular weight excluding hydrogens is 299 g/mol. The van der Waals surface area contributed by atoms with Crippen molar-refractivity contribution in [3.8, 4) is 5.75 Å². The molecule has 7 nitrogen and oxygen atoms in total. The van der Waals surface area contributed by atoms with Crippen LogP contribution in [0.25, 0.3) is 0 Å². The fraction of sp³-hybridized carbons (Fsp3) is 0.250. The lowest BCUT2D eigenvalue weighted by molar-refractivity contribution is -0.385. The predicted molar refractivity (Wildman–Crippen MR) is 49.5 cm³/mol. The van der Waals surface area contributed by atoms with Crippen molar-refractivity contribution in [1.29, 1.82) is 0 Å². The highest BCUT2D eigenvalue weighted by atomic mass is 19.4. The molecule has 20 heavy (non-hydrogen) atoms. The first kappa shape index (κ1) is 15.5. The number of hydrogen-bond acceptors (Lipinski definition) is 5. The number of nitrogens with zero attached hydrogens (tertiary/aromatic N) is 2. The van der Waals surface area contributed by atoms with E-state index in [1.165, 1.54) is 0 Å². The van der Waals surface area contributed by atoms with E-state index in [1.54, 1.807) is 0 Å². The van der Waals surface area contributed by atoms with Crippen molar-refractivity contribution in [3.63, 3.8) is 0 Å². The monoisotopic (exact) mass is 302 g/mol. The average molecular weight is 302 g/mol. The second kappa shape index (κ2) is 5.22. The van der Waals surface area contributed by atoms with E-state index in [0.29, 0.717) is 0 Å². The van der Waals surface area contributed by atoms with E-state index in [0.717, 1.165) is 0 Å². The lowest BCUT2D eigenvalue weighted by atomic mass is 10.1. The van der Waals surface area contributed by atoms with Gasteiger partial charge in [0.15, 0.2) is 11.3 Å². The van der Waals surface area contributed by atoms with Gasteiger partial charge >= 0.3 is 18.0 Å². The molecule has 0 unspecified atom stereocenters. The molecule has 1 heterocycles. The van der Waals surface area contributed by atoms with E-state index in [2.05, 4.69) is 9.72 Å². The number of pyridine rings is 1. The van der Waals surface area contributed by atoms with Crippen molar-refractivity contribution >= 4 is 11.7 Å². The normalized spacial score (nSPS) is 11.5. The Morgan fingerprint density at radius 1 is 1.45 bits per heavy atom. The van der Waals surface area contributed by atoms with Crippen LogP contribution >= 0.6 is 0 Å². The number of nitro groups is 1. The first-order chi connectivity index (χ1) is 9.04. The summed E-state index contributed by atoms with van der Waals surface area (Å²) in [4.78, 5) is 22.7. The molecule has 0 aliphatic carbocycles. The predicted octanol–water partition coefficient (Wildman–Crippen LogP) is 2.52. The van der Waals surface area contributed by atoms with Gasteiger partial charge in [0.25, 0.3) is 6.43 Å². The number of hydrogen-bond donors (Lipinski definition) is 1. The topological polar surface area (TPSA) is 103 Å². The van der Waals surface area contributed by atoms with Crippen LogP contribution in [0.3, 0.4) is 0 Å². The van der Waals surface area contributed by atoms with E-state index < -0.39 is 46.4 Å². The maximum Gasteiger partial charge on any atom is 0.573 e. The Kier molecular flexibility index (Phi) is 4.06. The Balaban J connectivity index is 3.65. The number of halogens is 5. The van der Waals surface area contributed by atoms with Gasteiger partial charge in [-0.05, 0) is 0 Å². The van der Waals surface area contributed by atoms with Crippen LogP contribution in [-0.4, -0.2) is 27.3 Å². The highest BCUT2D eigenvalue weighted by Crippen LogP contribution is 2.38. The first-order valence-corrected chi connectivity index (χ1v) is 4.49. The molecule has 1 rings (SSSR count). The van der Waals surface area contributed by atoms with Crippen molar-refractivity contribution in [2.45, 2.75) is 12.8 Å². The van der Waals surface area contributed by atoms with Gasteiger partial charge in [-0.2, -0.15) is 0 Å². The Morgan fingerprint density at radius 3 is 2.35 bits per heavy atom. The van der Waals surface area contributed by atoms with Gasteiger partial charge in [-0.15, -0.1) is 13.2 Å². The van der Waals surface area contributed by atoms with Crippen LogP contribution in [0.15, 0.2) is 6.20 Å². The molecule has 0 saturated carbocycles. The molecule has 0 fully saturated rings. The van der Waals surface area contributed by atoms with Crippen LogP contribution in [0, 0.1) is 10.1 Å². The van der Waals surface area contributed by atoms with E-state index in [9.17, 15) is 36.9 Å². The van der Waals surface area contributed by atoms with Crippen LogP contribution < -0.4 is 4.74 Å². The number of carbonyl (C=O) groups is 1. The molecule has 0 amide bonds. The summed E-state index contributed by atoms with van der Waals surface area (Å²) in [6, 6.07) is 0. The lowest BCUT2D eigenvalue weighted by Crippen LogP contribution is -2.21. The minimum absolute atomic E-state index is 0.119. The maximum atomic E-state index is 12.5. The average Bonchev–Trinajstić information content (AvgIpc) is 2.24. The van der Waals surface area contributed by atoms with Crippen molar-refractivity contribution in [2.24, 2.45) is 0 Å². The Hall–Kier alpha value is -2.53. The molecule has 0 radical (unpaired) electrons. The molecular formula is C8H3F5N2O5. The summed E-state index contributed by atoms with van der Waals surface area (Å²) in [5.74, 6) is -4.14. The van der Waals surface area contributed by atoms with Crippen molar-refractivity contribution in [2.75, 3.05) is 0 Å². The number of ether oxygens (including phenoxy) is 1. The van der Waals surface area contributed by atoms with Gasteiger partial charge in [0.2, 0.25) is 0 Å². The Bertz CT molecular complexity index is 559. The third-order valence-electron chi connectivity index (χ3n) is 1.88. The third kappa shape index (κ3) is 3.27. The molecule has 1 N–H and O–H groups in total. The Labute approximate surface area is 105 Å². The summed E-state index contributed by atoms with van der Waals surface area (Å²) in [5, 5.41) is 19.2. The largest absolute Gasteiger partial charge is 0.573 e. The number of carboxylic acid groups (broad SMARTS) is 1. The molecule has 0 aromatic carbocycles. The highest BCUT2D eigenvalue weighted by Gasteiger charge is 2.39. The molecule has 0 saturated heterocycles. The van der Waals surface area contributed by atoms with E-state index in [-0.39, 0.29) is 6.20 Å². The van der Waals surface area contributed by atoms with Gasteiger partial charge in [0.05, 0.1) is 4.92 Å². The number of carboxylic acids is 1. The van der Waals surface area contributed by atoms with Crippen LogP contribution in [0.1, 0.15) is 22.5 Å². The first-order valence-electron chi connectivity index (χ1n) is 4.49. The quantitative estimate of drug-likeness (QED) is 0.521. The number of rotatable bonds is 4. The van der Waals surface area contributed by atoms with Gasteiger partial charge in [-0.3, -0.25) is 10.1 Å².